The van der Waals surface area contributed by atoms with Crippen LogP contribution in [0, 0.1) is 54.7 Å². The normalized spacial score (nSPS) is 10.7. The van der Waals surface area contributed by atoms with Gasteiger partial charge in [-0.1, -0.05) is 47.0 Å². The van der Waals surface area contributed by atoms with Gasteiger partial charge in [-0.05, 0) is 64.1 Å². The Bertz CT molecular complexity index is 938. The molecule has 0 spiro atoms. The number of aromatic nitrogens is 1. The molecule has 2 aromatic carbocycles. The van der Waals surface area contributed by atoms with Crippen molar-refractivity contribution >= 4 is 34.4 Å². The Kier molecular flexibility index (Phi) is 16.1. The quantitative estimate of drug-likeness (QED) is 0.299. The van der Waals surface area contributed by atoms with Crippen LogP contribution in [0.2, 0.25) is 5.02 Å². The van der Waals surface area contributed by atoms with Crippen molar-refractivity contribution in [2.45, 2.75) is 27.7 Å². The third kappa shape index (κ3) is 9.85. The van der Waals surface area contributed by atoms with Gasteiger partial charge in [0.1, 0.15) is 0 Å². The van der Waals surface area contributed by atoms with Gasteiger partial charge in [-0.2, -0.15) is 0 Å². The Morgan fingerprint density at radius 1 is 0.677 bits per heavy atom. The van der Waals surface area contributed by atoms with E-state index in [0.717, 1.165) is 34.2 Å². The molecule has 0 unspecified atom stereocenters. The molecule has 0 fully saturated rings. The van der Waals surface area contributed by atoms with Gasteiger partial charge < -0.3 is 37.2 Å². The summed E-state index contributed by atoms with van der Waals surface area (Å²) in [6.45, 7) is 7.99. The molecule has 0 aliphatic carbocycles. The molecule has 0 atom stereocenters. The third-order valence-electron chi connectivity index (χ3n) is 4.19. The van der Waals surface area contributed by atoms with Crippen molar-refractivity contribution in [3.8, 4) is 0 Å². The maximum atomic E-state index is 6.34. The maximum Gasteiger partial charge on any atom is 3.00 e. The molecule has 0 N–H and O–H groups in total. The van der Waals surface area contributed by atoms with Crippen LogP contribution in [0.25, 0.3) is 0 Å². The van der Waals surface area contributed by atoms with E-state index in [0.29, 0.717) is 5.02 Å². The number of benzene rings is 2. The molecule has 0 amide bonds. The summed E-state index contributed by atoms with van der Waals surface area (Å²) in [6, 6.07) is 19.8. The molecule has 1 heterocycles. The van der Waals surface area contributed by atoms with Crippen LogP contribution < -0.4 is 37.2 Å². The Morgan fingerprint density at radius 3 is 1.32 bits per heavy atom. The molecule has 0 saturated heterocycles. The Balaban J connectivity index is 0. The van der Waals surface area contributed by atoms with Crippen molar-refractivity contribution in [2.75, 3.05) is 0 Å². The SMILES string of the molecule is CC(=Nc1ccc(C)cc1)c1cc(Cl)cc(C(C)=Nc2ccc(C)cc2)n1.[Cl-].[Cl-].[Cl-].[Nd+3]. The van der Waals surface area contributed by atoms with Gasteiger partial charge in [-0.25, -0.2) is 4.98 Å². The minimum absolute atomic E-state index is 0. The topological polar surface area (TPSA) is 37.6 Å². The molecule has 1 radical (unpaired) electrons. The average Bonchev–Trinajstić information content (AvgIpc) is 2.65. The fraction of sp³-hybridized carbons (Fsp3) is 0.174. The van der Waals surface area contributed by atoms with Gasteiger partial charge >= 0.3 is 40.8 Å². The summed E-state index contributed by atoms with van der Waals surface area (Å²) >= 11 is 6.34. The summed E-state index contributed by atoms with van der Waals surface area (Å²) in [5.41, 5.74) is 7.32. The van der Waals surface area contributed by atoms with E-state index in [-0.39, 0.29) is 78.1 Å². The van der Waals surface area contributed by atoms with E-state index in [1.807, 2.05) is 74.5 Å². The maximum absolute atomic E-state index is 6.34. The first-order chi connectivity index (χ1) is 12.9. The van der Waals surface area contributed by atoms with Crippen molar-refractivity contribution in [3.63, 3.8) is 0 Å². The van der Waals surface area contributed by atoms with Gasteiger partial charge in [0, 0.05) is 5.02 Å². The predicted octanol–water partition coefficient (Wildman–Crippen LogP) is -2.35. The van der Waals surface area contributed by atoms with Crippen LogP contribution in [-0.2, 0) is 0 Å². The standard InChI is InChI=1S/C23H22ClN3.3ClH.Nd/c1-15-5-9-20(10-6-15)25-17(3)22-13-19(24)14-23(27-22)18(4)26-21-11-7-16(2)8-12-21;;;;/h5-14H,1-4H3;3*1H;/q;;;;+3/p-3. The summed E-state index contributed by atoms with van der Waals surface area (Å²) in [5, 5.41) is 0.618. The summed E-state index contributed by atoms with van der Waals surface area (Å²) in [6.07, 6.45) is 0. The average molecular weight is 627 g/mol. The fourth-order valence-corrected chi connectivity index (χ4v) is 2.82. The van der Waals surface area contributed by atoms with Crippen molar-refractivity contribution < 1.29 is 78.1 Å². The second kappa shape index (κ2) is 15.3. The van der Waals surface area contributed by atoms with E-state index in [9.17, 15) is 0 Å². The van der Waals surface area contributed by atoms with E-state index in [2.05, 4.69) is 23.8 Å². The number of aliphatic imine (C=N–C) groups is 2. The first-order valence-electron chi connectivity index (χ1n) is 8.83. The Hall–Kier alpha value is -0.559. The van der Waals surface area contributed by atoms with Crippen LogP contribution in [0.3, 0.4) is 0 Å². The van der Waals surface area contributed by atoms with Crippen LogP contribution in [-0.4, -0.2) is 16.4 Å². The van der Waals surface area contributed by atoms with Crippen molar-refractivity contribution in [1.29, 1.82) is 0 Å². The van der Waals surface area contributed by atoms with Crippen molar-refractivity contribution in [1.82, 2.24) is 4.98 Å². The summed E-state index contributed by atoms with van der Waals surface area (Å²) < 4.78 is 0. The molecule has 31 heavy (non-hydrogen) atoms. The van der Waals surface area contributed by atoms with E-state index in [4.69, 9.17) is 16.6 Å². The van der Waals surface area contributed by atoms with E-state index >= 15 is 0 Å². The molecule has 1 aromatic heterocycles. The molecule has 3 aromatic rings. The number of rotatable bonds is 4. The molecule has 0 aliphatic rings. The first-order valence-corrected chi connectivity index (χ1v) is 9.21. The Morgan fingerprint density at radius 2 is 1.00 bits per heavy atom. The van der Waals surface area contributed by atoms with Gasteiger partial charge in [0.15, 0.2) is 0 Å². The van der Waals surface area contributed by atoms with Crippen LogP contribution >= 0.6 is 11.6 Å². The van der Waals surface area contributed by atoms with Crippen LogP contribution in [0.1, 0.15) is 36.4 Å². The van der Waals surface area contributed by atoms with E-state index < -0.39 is 0 Å². The number of hydrogen-bond donors (Lipinski definition) is 0. The number of hydrogen-bond acceptors (Lipinski definition) is 3. The molecular formula is C23H22Cl4N3Nd. The summed E-state index contributed by atoms with van der Waals surface area (Å²) in [7, 11) is 0. The zero-order valence-electron chi connectivity index (χ0n) is 17.6. The Labute approximate surface area is 241 Å². The number of pyridine rings is 1. The van der Waals surface area contributed by atoms with Crippen molar-refractivity contribution in [3.05, 3.63) is 88.2 Å². The van der Waals surface area contributed by atoms with E-state index in [1.165, 1.54) is 11.1 Å². The summed E-state index contributed by atoms with van der Waals surface area (Å²) in [4.78, 5) is 14.0. The molecule has 161 valence electrons. The van der Waals surface area contributed by atoms with Crippen molar-refractivity contribution in [2.24, 2.45) is 9.98 Å². The van der Waals surface area contributed by atoms with Gasteiger partial charge in [-0.15, -0.1) is 0 Å². The summed E-state index contributed by atoms with van der Waals surface area (Å²) in [5.74, 6) is 0. The zero-order valence-corrected chi connectivity index (χ0v) is 23.9. The molecule has 8 heteroatoms. The second-order valence-electron chi connectivity index (χ2n) is 6.62. The van der Waals surface area contributed by atoms with Gasteiger partial charge in [0.05, 0.1) is 34.2 Å². The number of halogens is 4. The molecule has 3 nitrogen and oxygen atoms in total. The van der Waals surface area contributed by atoms with Gasteiger partial charge in [0.2, 0.25) is 0 Å². The fourth-order valence-electron chi connectivity index (χ4n) is 2.61. The van der Waals surface area contributed by atoms with Gasteiger partial charge in [-0.3, -0.25) is 9.98 Å². The first kappa shape index (κ1) is 32.6. The zero-order chi connectivity index (χ0) is 19.4. The predicted molar refractivity (Wildman–Crippen MR) is 115 cm³/mol. The number of aryl methyl sites for hydroxylation is 2. The molecular weight excluding hydrogens is 604 g/mol. The molecule has 0 aliphatic heterocycles. The minimum atomic E-state index is 0. The molecule has 3 rings (SSSR count). The molecule has 0 bridgehead atoms. The minimum Gasteiger partial charge on any atom is -1.00 e. The monoisotopic (exact) mass is 622 g/mol. The third-order valence-corrected chi connectivity index (χ3v) is 4.41. The van der Waals surface area contributed by atoms with Gasteiger partial charge in [0.25, 0.3) is 0 Å². The number of nitrogens with zero attached hydrogens (tertiary/aromatic N) is 3. The van der Waals surface area contributed by atoms with Crippen LogP contribution in [0.4, 0.5) is 11.4 Å². The van der Waals surface area contributed by atoms with Crippen LogP contribution in [0.5, 0.6) is 0 Å². The van der Waals surface area contributed by atoms with Crippen LogP contribution in [0.15, 0.2) is 70.6 Å². The largest absolute Gasteiger partial charge is 3.00 e. The second-order valence-corrected chi connectivity index (χ2v) is 7.06. The smallest absolute Gasteiger partial charge is 1.00 e. The van der Waals surface area contributed by atoms with E-state index in [1.54, 1.807) is 0 Å². The molecule has 0 saturated carbocycles.